The molecule has 3 rings (SSSR count). The molecule has 3 aromatic carbocycles. The maximum absolute atomic E-state index is 13.4. The van der Waals surface area contributed by atoms with E-state index in [4.69, 9.17) is 9.84 Å². The zero-order valence-corrected chi connectivity index (χ0v) is 18.5. The van der Waals surface area contributed by atoms with Crippen molar-refractivity contribution in [3.63, 3.8) is 0 Å². The summed E-state index contributed by atoms with van der Waals surface area (Å²) < 4.78 is 34.2. The topological polar surface area (TPSA) is 83.9 Å². The number of ether oxygens (including phenoxy) is 1. The van der Waals surface area contributed by atoms with E-state index < -0.39 is 16.0 Å². The van der Waals surface area contributed by atoms with Crippen LogP contribution in [-0.4, -0.2) is 25.5 Å². The Labute approximate surface area is 182 Å². The maximum Gasteiger partial charge on any atom is 0.335 e. The number of hydrogen-bond acceptors (Lipinski definition) is 4. The number of hydrogen-bond donors (Lipinski definition) is 1. The number of sulfonamides is 1. The van der Waals surface area contributed by atoms with Crippen LogP contribution in [0.25, 0.3) is 0 Å². The molecular formula is C24H25NO5S. The molecule has 7 heteroatoms. The van der Waals surface area contributed by atoms with Gasteiger partial charge >= 0.3 is 5.97 Å². The van der Waals surface area contributed by atoms with Gasteiger partial charge in [0.05, 0.1) is 16.1 Å². The van der Waals surface area contributed by atoms with Gasteiger partial charge in [-0.25, -0.2) is 13.2 Å². The summed E-state index contributed by atoms with van der Waals surface area (Å²) in [6.07, 6.45) is 0. The summed E-state index contributed by atoms with van der Waals surface area (Å²) in [5.74, 6) is -0.562. The Hall–Kier alpha value is -3.32. The van der Waals surface area contributed by atoms with Crippen LogP contribution in [0.1, 0.15) is 35.3 Å². The summed E-state index contributed by atoms with van der Waals surface area (Å²) in [6.45, 7) is 5.70. The van der Waals surface area contributed by atoms with Crippen LogP contribution < -0.4 is 9.04 Å². The lowest BCUT2D eigenvalue weighted by molar-refractivity contribution is 0.0697. The van der Waals surface area contributed by atoms with Crippen molar-refractivity contribution in [2.45, 2.75) is 38.3 Å². The number of rotatable bonds is 8. The van der Waals surface area contributed by atoms with Crippen LogP contribution in [0.2, 0.25) is 0 Å². The van der Waals surface area contributed by atoms with Crippen molar-refractivity contribution in [1.29, 1.82) is 0 Å². The first-order valence-corrected chi connectivity index (χ1v) is 11.3. The average Bonchev–Trinajstić information content (AvgIpc) is 2.74. The Morgan fingerprint density at radius 2 is 1.65 bits per heavy atom. The van der Waals surface area contributed by atoms with Crippen molar-refractivity contribution < 1.29 is 23.1 Å². The van der Waals surface area contributed by atoms with Gasteiger partial charge in [-0.05, 0) is 68.3 Å². The van der Waals surface area contributed by atoms with Crippen molar-refractivity contribution in [2.75, 3.05) is 4.31 Å². The number of carboxylic acids is 1. The van der Waals surface area contributed by atoms with Crippen LogP contribution >= 0.6 is 0 Å². The molecule has 0 spiro atoms. The van der Waals surface area contributed by atoms with Crippen molar-refractivity contribution >= 4 is 21.7 Å². The first kappa shape index (κ1) is 22.4. The molecule has 162 valence electrons. The van der Waals surface area contributed by atoms with Gasteiger partial charge in [-0.15, -0.1) is 0 Å². The monoisotopic (exact) mass is 439 g/mol. The van der Waals surface area contributed by atoms with Gasteiger partial charge in [-0.2, -0.15) is 0 Å². The molecule has 0 aromatic heterocycles. The largest absolute Gasteiger partial charge is 0.487 e. The summed E-state index contributed by atoms with van der Waals surface area (Å²) in [4.78, 5) is 11.2. The van der Waals surface area contributed by atoms with Gasteiger partial charge in [0.25, 0.3) is 10.0 Å². The van der Waals surface area contributed by atoms with Crippen LogP contribution in [0.3, 0.4) is 0 Å². The van der Waals surface area contributed by atoms with E-state index in [0.29, 0.717) is 11.4 Å². The third kappa shape index (κ3) is 5.06. The highest BCUT2D eigenvalue weighted by Crippen LogP contribution is 2.35. The standard InChI is InChI=1S/C24H25NO5S/c1-17(2)25(31(28,29)21-7-5-4-6-8-21)22-15-18(3)9-14-23(22)30-16-19-10-12-20(13-11-19)24(26)27/h4-15,17H,16H2,1-3H3,(H,26,27). The Morgan fingerprint density at radius 1 is 1.00 bits per heavy atom. The van der Waals surface area contributed by atoms with Gasteiger partial charge in [-0.3, -0.25) is 4.31 Å². The number of aromatic carboxylic acids is 1. The lowest BCUT2D eigenvalue weighted by atomic mass is 10.1. The lowest BCUT2D eigenvalue weighted by Crippen LogP contribution is -2.37. The van der Waals surface area contributed by atoms with E-state index in [1.54, 1.807) is 54.6 Å². The van der Waals surface area contributed by atoms with E-state index in [9.17, 15) is 13.2 Å². The second-order valence-corrected chi connectivity index (χ2v) is 9.28. The predicted molar refractivity (Wildman–Crippen MR) is 120 cm³/mol. The minimum absolute atomic E-state index is 0.174. The van der Waals surface area contributed by atoms with Crippen LogP contribution in [0, 0.1) is 6.92 Å². The van der Waals surface area contributed by atoms with Crippen molar-refractivity contribution in [1.82, 2.24) is 0 Å². The molecule has 0 atom stereocenters. The third-order valence-corrected chi connectivity index (χ3v) is 6.72. The molecule has 0 heterocycles. The molecule has 0 aliphatic heterocycles. The van der Waals surface area contributed by atoms with Gasteiger partial charge < -0.3 is 9.84 Å². The predicted octanol–water partition coefficient (Wildman–Crippen LogP) is 4.88. The quantitative estimate of drug-likeness (QED) is 0.541. The van der Waals surface area contributed by atoms with Crippen molar-refractivity contribution in [3.05, 3.63) is 89.5 Å². The van der Waals surface area contributed by atoms with E-state index in [1.807, 2.05) is 26.8 Å². The van der Waals surface area contributed by atoms with E-state index in [2.05, 4.69) is 0 Å². The molecule has 0 bridgehead atoms. The molecule has 1 N–H and O–H groups in total. The highest BCUT2D eigenvalue weighted by atomic mass is 32.2. The van der Waals surface area contributed by atoms with Crippen LogP contribution in [0.5, 0.6) is 5.75 Å². The molecule has 0 aliphatic rings. The van der Waals surface area contributed by atoms with E-state index in [0.717, 1.165) is 11.1 Å². The number of carboxylic acid groups (broad SMARTS) is 1. The Bertz CT molecular complexity index is 1160. The van der Waals surface area contributed by atoms with Gasteiger partial charge in [0.15, 0.2) is 0 Å². The van der Waals surface area contributed by atoms with Gasteiger partial charge in [-0.1, -0.05) is 36.4 Å². The normalized spacial score (nSPS) is 11.4. The fourth-order valence-electron chi connectivity index (χ4n) is 3.22. The SMILES string of the molecule is Cc1ccc(OCc2ccc(C(=O)O)cc2)c(N(C(C)C)S(=O)(=O)c2ccccc2)c1. The number of aryl methyl sites for hydroxylation is 1. The van der Waals surface area contributed by atoms with E-state index >= 15 is 0 Å². The van der Waals surface area contributed by atoms with Gasteiger partial charge in [0, 0.05) is 6.04 Å². The number of nitrogens with zero attached hydrogens (tertiary/aromatic N) is 1. The smallest absolute Gasteiger partial charge is 0.335 e. The fraction of sp³-hybridized carbons (Fsp3) is 0.208. The van der Waals surface area contributed by atoms with Crippen molar-refractivity contribution in [3.8, 4) is 5.75 Å². The highest BCUT2D eigenvalue weighted by molar-refractivity contribution is 7.92. The molecule has 0 saturated heterocycles. The van der Waals surface area contributed by atoms with Gasteiger partial charge in [0.2, 0.25) is 0 Å². The lowest BCUT2D eigenvalue weighted by Gasteiger charge is -2.30. The molecule has 0 fully saturated rings. The molecule has 6 nitrogen and oxygen atoms in total. The zero-order valence-electron chi connectivity index (χ0n) is 17.6. The van der Waals surface area contributed by atoms with E-state index in [-0.39, 0.29) is 23.1 Å². The Kier molecular flexibility index (Phi) is 6.65. The molecule has 0 amide bonds. The molecule has 31 heavy (non-hydrogen) atoms. The minimum atomic E-state index is -3.80. The molecule has 3 aromatic rings. The molecule has 0 aliphatic carbocycles. The number of anilines is 1. The second kappa shape index (κ2) is 9.22. The van der Waals surface area contributed by atoms with Crippen LogP contribution in [0.15, 0.2) is 77.7 Å². The molecular weight excluding hydrogens is 414 g/mol. The first-order valence-electron chi connectivity index (χ1n) is 9.85. The zero-order chi connectivity index (χ0) is 22.6. The molecule has 0 unspecified atom stereocenters. The van der Waals surface area contributed by atoms with Gasteiger partial charge in [0.1, 0.15) is 12.4 Å². The summed E-state index contributed by atoms with van der Waals surface area (Å²) in [7, 11) is -3.80. The summed E-state index contributed by atoms with van der Waals surface area (Å²) in [5, 5.41) is 9.04. The third-order valence-electron chi connectivity index (χ3n) is 4.72. The number of benzene rings is 3. The average molecular weight is 440 g/mol. The van der Waals surface area contributed by atoms with Crippen LogP contribution in [0.4, 0.5) is 5.69 Å². The van der Waals surface area contributed by atoms with Crippen LogP contribution in [-0.2, 0) is 16.6 Å². The highest BCUT2D eigenvalue weighted by Gasteiger charge is 2.29. The summed E-state index contributed by atoms with van der Waals surface area (Å²) in [6, 6.07) is 19.8. The minimum Gasteiger partial charge on any atom is -0.487 e. The second-order valence-electron chi connectivity index (χ2n) is 7.47. The number of carbonyl (C=O) groups is 1. The van der Waals surface area contributed by atoms with Crippen molar-refractivity contribution in [2.24, 2.45) is 0 Å². The van der Waals surface area contributed by atoms with E-state index in [1.165, 1.54) is 16.4 Å². The molecule has 0 radical (unpaired) electrons. The Morgan fingerprint density at radius 3 is 2.23 bits per heavy atom. The Balaban J connectivity index is 1.96. The first-order chi connectivity index (χ1) is 14.7. The summed E-state index contributed by atoms with van der Waals surface area (Å²) >= 11 is 0. The maximum atomic E-state index is 13.4. The fourth-order valence-corrected chi connectivity index (χ4v) is 4.90. The molecule has 0 saturated carbocycles. The summed E-state index contributed by atoms with van der Waals surface area (Å²) in [5.41, 5.74) is 2.33.